The fraction of sp³-hybridized carbons (Fsp3) is 0.667. The molecular formula is C12H19N2OS. The molecule has 1 aromatic heterocycles. The molecule has 89 valence electrons. The van der Waals surface area contributed by atoms with Gasteiger partial charge in [-0.2, -0.15) is 5.32 Å². The molecule has 0 aliphatic rings. The van der Waals surface area contributed by atoms with Gasteiger partial charge in [0.1, 0.15) is 0 Å². The summed E-state index contributed by atoms with van der Waals surface area (Å²) < 4.78 is 0. The van der Waals surface area contributed by atoms with E-state index in [4.69, 9.17) is 0 Å². The Morgan fingerprint density at radius 3 is 2.88 bits per heavy atom. The number of nitrogens with zero attached hydrogens (tertiary/aromatic N) is 2. The van der Waals surface area contributed by atoms with Gasteiger partial charge in [0.2, 0.25) is 11.0 Å². The van der Waals surface area contributed by atoms with Crippen LogP contribution >= 0.6 is 11.3 Å². The lowest BCUT2D eigenvalue weighted by molar-refractivity contribution is -0.120. The molecule has 1 heterocycles. The summed E-state index contributed by atoms with van der Waals surface area (Å²) in [4.78, 5) is 16.8. The maximum absolute atomic E-state index is 11.5. The van der Waals surface area contributed by atoms with Crippen LogP contribution in [0.15, 0.2) is 6.20 Å². The molecule has 0 saturated carbocycles. The first-order valence-corrected chi connectivity index (χ1v) is 6.77. The largest absolute Gasteiger partial charge is 0.273 e. The fourth-order valence-corrected chi connectivity index (χ4v) is 2.30. The summed E-state index contributed by atoms with van der Waals surface area (Å²) in [6, 6.07) is 0. The maximum atomic E-state index is 11.5. The number of carbonyl (C=O) groups is 1. The lowest BCUT2D eigenvalue weighted by Gasteiger charge is -1.97. The van der Waals surface area contributed by atoms with Crippen molar-refractivity contribution in [3.8, 4) is 0 Å². The van der Waals surface area contributed by atoms with E-state index in [-0.39, 0.29) is 5.91 Å². The highest BCUT2D eigenvalue weighted by molar-refractivity contribution is 7.15. The van der Waals surface area contributed by atoms with Gasteiger partial charge in [-0.3, -0.25) is 4.79 Å². The highest BCUT2D eigenvalue weighted by Gasteiger charge is 2.08. The lowest BCUT2D eigenvalue weighted by atomic mass is 10.2. The molecular weight excluding hydrogens is 220 g/mol. The van der Waals surface area contributed by atoms with Crippen LogP contribution in [0.5, 0.6) is 0 Å². The summed E-state index contributed by atoms with van der Waals surface area (Å²) in [5, 5.41) is 4.62. The van der Waals surface area contributed by atoms with E-state index in [9.17, 15) is 4.79 Å². The van der Waals surface area contributed by atoms with Crippen molar-refractivity contribution in [2.24, 2.45) is 0 Å². The van der Waals surface area contributed by atoms with Crippen molar-refractivity contribution in [3.63, 3.8) is 0 Å². The summed E-state index contributed by atoms with van der Waals surface area (Å²) in [5.74, 6) is -0.0363. The Kier molecular flexibility index (Phi) is 6.08. The number of thiazole rings is 1. The highest BCUT2D eigenvalue weighted by atomic mass is 32.1. The zero-order valence-electron chi connectivity index (χ0n) is 10.0. The van der Waals surface area contributed by atoms with Gasteiger partial charge < -0.3 is 0 Å². The van der Waals surface area contributed by atoms with Crippen molar-refractivity contribution in [1.29, 1.82) is 0 Å². The van der Waals surface area contributed by atoms with Gasteiger partial charge in [0.25, 0.3) is 0 Å². The first kappa shape index (κ1) is 13.2. The van der Waals surface area contributed by atoms with Gasteiger partial charge in [-0.1, -0.05) is 44.4 Å². The van der Waals surface area contributed by atoms with Crippen LogP contribution in [0.4, 0.5) is 5.13 Å². The molecule has 4 heteroatoms. The smallest absolute Gasteiger partial charge is 0.248 e. The number of rotatable bonds is 7. The number of carbonyl (C=O) groups excluding carboxylic acids is 1. The molecule has 16 heavy (non-hydrogen) atoms. The summed E-state index contributed by atoms with van der Waals surface area (Å²) in [6.45, 7) is 4.26. The number of amides is 1. The molecule has 0 unspecified atom stereocenters. The number of hydrogen-bond donors (Lipinski definition) is 0. The zero-order chi connectivity index (χ0) is 11.8. The average molecular weight is 239 g/mol. The molecule has 3 nitrogen and oxygen atoms in total. The van der Waals surface area contributed by atoms with Gasteiger partial charge >= 0.3 is 0 Å². The average Bonchev–Trinajstić information content (AvgIpc) is 2.66. The molecule has 1 aromatic rings. The van der Waals surface area contributed by atoms with Gasteiger partial charge in [-0.15, -0.1) is 0 Å². The quantitative estimate of drug-likeness (QED) is 0.684. The maximum Gasteiger partial charge on any atom is 0.248 e. The Balaban J connectivity index is 2.31. The van der Waals surface area contributed by atoms with E-state index >= 15 is 0 Å². The lowest BCUT2D eigenvalue weighted by Crippen LogP contribution is -2.09. The zero-order valence-corrected chi connectivity index (χ0v) is 10.8. The van der Waals surface area contributed by atoms with Gasteiger partial charge in [0.05, 0.1) is 0 Å². The minimum absolute atomic E-state index is 0.0363. The molecule has 0 atom stereocenters. The fourth-order valence-electron chi connectivity index (χ4n) is 1.40. The van der Waals surface area contributed by atoms with Gasteiger partial charge in [-0.05, 0) is 12.8 Å². The van der Waals surface area contributed by atoms with Crippen LogP contribution in [0.25, 0.3) is 0 Å². The topological polar surface area (TPSA) is 44.1 Å². The van der Waals surface area contributed by atoms with Crippen LogP contribution in [-0.2, 0) is 11.2 Å². The van der Waals surface area contributed by atoms with Crippen LogP contribution in [0.3, 0.4) is 0 Å². The predicted octanol–water partition coefficient (Wildman–Crippen LogP) is 3.44. The second-order valence-corrected chi connectivity index (χ2v) is 4.92. The predicted molar refractivity (Wildman–Crippen MR) is 67.1 cm³/mol. The summed E-state index contributed by atoms with van der Waals surface area (Å²) in [6.07, 6.45) is 7.67. The minimum atomic E-state index is -0.0363. The van der Waals surface area contributed by atoms with Crippen LogP contribution in [0, 0.1) is 0 Å². The molecule has 0 N–H and O–H groups in total. The Hall–Kier alpha value is -0.900. The van der Waals surface area contributed by atoms with Crippen molar-refractivity contribution in [2.75, 3.05) is 0 Å². The SMILES string of the molecule is CCCCCC(=O)[N]c1ncc(CCC)s1. The Morgan fingerprint density at radius 1 is 1.38 bits per heavy atom. The van der Waals surface area contributed by atoms with E-state index in [1.165, 1.54) is 16.2 Å². The molecule has 1 amide bonds. The van der Waals surface area contributed by atoms with Crippen molar-refractivity contribution in [2.45, 2.75) is 52.4 Å². The van der Waals surface area contributed by atoms with Crippen LogP contribution in [-0.4, -0.2) is 10.9 Å². The molecule has 1 rings (SSSR count). The van der Waals surface area contributed by atoms with Crippen LogP contribution in [0.2, 0.25) is 0 Å². The van der Waals surface area contributed by atoms with Crippen molar-refractivity contribution in [1.82, 2.24) is 10.3 Å². The molecule has 1 radical (unpaired) electrons. The van der Waals surface area contributed by atoms with E-state index in [0.717, 1.165) is 32.1 Å². The number of hydrogen-bond acceptors (Lipinski definition) is 3. The third-order valence-electron chi connectivity index (χ3n) is 2.25. The van der Waals surface area contributed by atoms with E-state index in [2.05, 4.69) is 24.1 Å². The molecule has 0 saturated heterocycles. The minimum Gasteiger partial charge on any atom is -0.273 e. The summed E-state index contributed by atoms with van der Waals surface area (Å²) >= 11 is 1.53. The van der Waals surface area contributed by atoms with Crippen molar-refractivity contribution in [3.05, 3.63) is 11.1 Å². The monoisotopic (exact) mass is 239 g/mol. The third kappa shape index (κ3) is 4.75. The highest BCUT2D eigenvalue weighted by Crippen LogP contribution is 2.19. The molecule has 0 spiro atoms. The standard InChI is InChI=1S/C12H19N2OS/c1-3-5-6-8-11(15)14-12-13-9-10(16-12)7-4-2/h9H,3-8H2,1-2H3. The molecule has 0 fully saturated rings. The summed E-state index contributed by atoms with van der Waals surface area (Å²) in [7, 11) is 0. The van der Waals surface area contributed by atoms with E-state index in [0.29, 0.717) is 11.6 Å². The van der Waals surface area contributed by atoms with Gasteiger partial charge in [-0.25, -0.2) is 4.98 Å². The first-order chi connectivity index (χ1) is 7.76. The van der Waals surface area contributed by atoms with E-state index < -0.39 is 0 Å². The van der Waals surface area contributed by atoms with E-state index in [1.807, 2.05) is 6.20 Å². The molecule has 0 aliphatic carbocycles. The molecule has 0 bridgehead atoms. The van der Waals surface area contributed by atoms with Gasteiger partial charge in [0, 0.05) is 17.5 Å². The first-order valence-electron chi connectivity index (χ1n) is 5.95. The molecule has 0 aromatic carbocycles. The van der Waals surface area contributed by atoms with Crippen molar-refractivity contribution >= 4 is 22.4 Å². The van der Waals surface area contributed by atoms with Crippen LogP contribution < -0.4 is 5.32 Å². The second-order valence-electron chi connectivity index (χ2n) is 3.82. The normalized spacial score (nSPS) is 10.4. The van der Waals surface area contributed by atoms with Gasteiger partial charge in [0.15, 0.2) is 0 Å². The Morgan fingerprint density at radius 2 is 2.19 bits per heavy atom. The number of aryl methyl sites for hydroxylation is 1. The number of unbranched alkanes of at least 4 members (excludes halogenated alkanes) is 2. The van der Waals surface area contributed by atoms with Crippen LogP contribution in [0.1, 0.15) is 50.8 Å². The van der Waals surface area contributed by atoms with E-state index in [1.54, 1.807) is 0 Å². The molecule has 0 aliphatic heterocycles. The number of aromatic nitrogens is 1. The van der Waals surface area contributed by atoms with Crippen molar-refractivity contribution < 1.29 is 4.79 Å². The Bertz CT molecular complexity index is 323. The Labute approximate surface area is 101 Å². The summed E-state index contributed by atoms with van der Waals surface area (Å²) in [5.41, 5.74) is 0. The second kappa shape index (κ2) is 7.39. The third-order valence-corrected chi connectivity index (χ3v) is 3.20.